The molecular formula is C28H26FN5O3S. The molecular weight excluding hydrogens is 505 g/mol. The monoisotopic (exact) mass is 531 g/mol. The van der Waals surface area contributed by atoms with Crippen molar-refractivity contribution in [1.29, 1.82) is 0 Å². The highest BCUT2D eigenvalue weighted by Crippen LogP contribution is 2.43. The number of pyridine rings is 1. The molecule has 2 aromatic heterocycles. The van der Waals surface area contributed by atoms with Gasteiger partial charge in [-0.2, -0.15) is 0 Å². The van der Waals surface area contributed by atoms with Crippen LogP contribution in [0.25, 0.3) is 5.69 Å². The summed E-state index contributed by atoms with van der Waals surface area (Å²) >= 11 is 5.84. The van der Waals surface area contributed by atoms with Crippen LogP contribution in [0.5, 0.6) is 5.75 Å². The molecule has 2 atom stereocenters. The maximum absolute atomic E-state index is 14.2. The summed E-state index contributed by atoms with van der Waals surface area (Å²) in [5, 5.41) is 6.75. The minimum atomic E-state index is -0.355. The number of nitrogens with one attached hydrogen (secondary N) is 2. The van der Waals surface area contributed by atoms with E-state index in [1.807, 2.05) is 64.2 Å². The van der Waals surface area contributed by atoms with E-state index >= 15 is 0 Å². The third kappa shape index (κ3) is 4.96. The summed E-state index contributed by atoms with van der Waals surface area (Å²) < 4.78 is 26.5. The second-order valence-electron chi connectivity index (χ2n) is 8.65. The van der Waals surface area contributed by atoms with Gasteiger partial charge in [0.1, 0.15) is 24.2 Å². The Labute approximate surface area is 225 Å². The first-order chi connectivity index (χ1) is 18.5. The molecule has 194 valence electrons. The van der Waals surface area contributed by atoms with E-state index in [0.29, 0.717) is 22.2 Å². The third-order valence-corrected chi connectivity index (χ3v) is 6.59. The van der Waals surface area contributed by atoms with E-state index in [9.17, 15) is 9.18 Å². The molecule has 3 heterocycles. The molecule has 8 nitrogen and oxygen atoms in total. The van der Waals surface area contributed by atoms with E-state index in [4.69, 9.17) is 21.7 Å². The van der Waals surface area contributed by atoms with Gasteiger partial charge in [-0.25, -0.2) is 4.39 Å². The van der Waals surface area contributed by atoms with E-state index in [1.54, 1.807) is 18.3 Å². The third-order valence-electron chi connectivity index (χ3n) is 6.28. The molecule has 0 spiro atoms. The molecule has 10 heteroatoms. The smallest absolute Gasteiger partial charge is 0.250 e. The molecule has 2 aromatic carbocycles. The van der Waals surface area contributed by atoms with Crippen molar-refractivity contribution >= 4 is 34.6 Å². The molecule has 38 heavy (non-hydrogen) atoms. The fourth-order valence-corrected chi connectivity index (χ4v) is 5.04. The normalized spacial score (nSPS) is 16.8. The van der Waals surface area contributed by atoms with E-state index in [1.165, 1.54) is 26.4 Å². The average Bonchev–Trinajstić information content (AvgIpc) is 3.53. The molecule has 0 saturated carbocycles. The number of ether oxygens (including phenoxy) is 2. The Morgan fingerprint density at radius 3 is 2.68 bits per heavy atom. The minimum Gasteiger partial charge on any atom is -0.495 e. The number of carbonyl (C=O) groups excluding carboxylic acids is 1. The maximum Gasteiger partial charge on any atom is 0.250 e. The molecule has 4 aromatic rings. The van der Waals surface area contributed by atoms with Gasteiger partial charge in [-0.3, -0.25) is 9.78 Å². The first kappa shape index (κ1) is 25.4. The molecule has 2 unspecified atom stereocenters. The standard InChI is InChI=1S/C28H26FN5O3S/c1-36-17-25(35)31-22-16-20(11-12-24(22)37-2)34-27(26(32-28(34)38)21-9-3-4-13-30-21)23-10-6-14-33(23)19-8-5-7-18(29)15-19/h3-16,26-27H,17H2,1-2H3,(H,31,35)(H,32,38). The summed E-state index contributed by atoms with van der Waals surface area (Å²) in [5.41, 5.74) is 3.57. The summed E-state index contributed by atoms with van der Waals surface area (Å²) in [4.78, 5) is 18.9. The van der Waals surface area contributed by atoms with E-state index in [0.717, 1.165) is 17.1 Å². The molecule has 1 saturated heterocycles. The van der Waals surface area contributed by atoms with Crippen molar-refractivity contribution in [3.05, 3.63) is 102 Å². The fraction of sp³-hybridized carbons (Fsp3) is 0.179. The Morgan fingerprint density at radius 2 is 1.95 bits per heavy atom. The van der Waals surface area contributed by atoms with Gasteiger partial charge >= 0.3 is 0 Å². The van der Waals surface area contributed by atoms with Gasteiger partial charge in [0.25, 0.3) is 0 Å². The molecule has 5 rings (SSSR count). The molecule has 1 amide bonds. The Kier molecular flexibility index (Phi) is 7.34. The highest BCUT2D eigenvalue weighted by Gasteiger charge is 2.42. The number of benzene rings is 2. The van der Waals surface area contributed by atoms with Crippen LogP contribution in [0.4, 0.5) is 15.8 Å². The lowest BCUT2D eigenvalue weighted by molar-refractivity contribution is -0.119. The van der Waals surface area contributed by atoms with E-state index in [-0.39, 0.29) is 30.4 Å². The summed E-state index contributed by atoms with van der Waals surface area (Å²) in [6, 6.07) is 20.9. The van der Waals surface area contributed by atoms with E-state index in [2.05, 4.69) is 15.6 Å². The highest BCUT2D eigenvalue weighted by molar-refractivity contribution is 7.80. The molecule has 1 aliphatic heterocycles. The van der Waals surface area contributed by atoms with Gasteiger partial charge in [0.05, 0.1) is 24.5 Å². The summed E-state index contributed by atoms with van der Waals surface area (Å²) in [6.07, 6.45) is 3.63. The van der Waals surface area contributed by atoms with Crippen LogP contribution in [0.1, 0.15) is 23.5 Å². The van der Waals surface area contributed by atoms with Crippen molar-refractivity contribution in [2.75, 3.05) is 31.0 Å². The molecule has 0 aliphatic carbocycles. The molecule has 0 radical (unpaired) electrons. The van der Waals surface area contributed by atoms with Gasteiger partial charge in [0.15, 0.2) is 5.11 Å². The van der Waals surface area contributed by atoms with Crippen LogP contribution >= 0.6 is 12.2 Å². The Bertz CT molecular complexity index is 1460. The van der Waals surface area contributed by atoms with Crippen LogP contribution in [0, 0.1) is 5.82 Å². The quantitative estimate of drug-likeness (QED) is 0.317. The number of hydrogen-bond donors (Lipinski definition) is 2. The van der Waals surface area contributed by atoms with E-state index < -0.39 is 0 Å². The minimum absolute atomic E-state index is 0.0947. The topological polar surface area (TPSA) is 80.7 Å². The van der Waals surface area contributed by atoms with Crippen LogP contribution < -0.4 is 20.3 Å². The predicted molar refractivity (Wildman–Crippen MR) is 147 cm³/mol. The number of hydrogen-bond acceptors (Lipinski definition) is 5. The van der Waals surface area contributed by atoms with Gasteiger partial charge < -0.3 is 29.6 Å². The number of amides is 1. The zero-order valence-electron chi connectivity index (χ0n) is 20.8. The number of anilines is 2. The SMILES string of the molecule is COCC(=O)Nc1cc(N2C(=S)NC(c3ccccn3)C2c2cccn2-c2cccc(F)c2)ccc1OC. The first-order valence-corrected chi connectivity index (χ1v) is 12.3. The number of thiocarbonyl (C=S) groups is 1. The Hall–Kier alpha value is -4.28. The maximum atomic E-state index is 14.2. The van der Waals surface area contributed by atoms with Crippen molar-refractivity contribution in [2.45, 2.75) is 12.1 Å². The number of aromatic nitrogens is 2. The van der Waals surface area contributed by atoms with Crippen LogP contribution in [0.15, 0.2) is 85.2 Å². The van der Waals surface area contributed by atoms with Crippen molar-refractivity contribution in [3.8, 4) is 11.4 Å². The molecule has 1 aliphatic rings. The Morgan fingerprint density at radius 1 is 1.08 bits per heavy atom. The van der Waals surface area contributed by atoms with Crippen LogP contribution in [0.3, 0.4) is 0 Å². The largest absolute Gasteiger partial charge is 0.495 e. The number of carbonyl (C=O) groups is 1. The number of methoxy groups -OCH3 is 2. The van der Waals surface area contributed by atoms with Crippen LogP contribution in [0.2, 0.25) is 0 Å². The highest BCUT2D eigenvalue weighted by atomic mass is 32.1. The number of rotatable bonds is 8. The second-order valence-corrected chi connectivity index (χ2v) is 9.03. The van der Waals surface area contributed by atoms with Crippen molar-refractivity contribution in [1.82, 2.24) is 14.9 Å². The summed E-state index contributed by atoms with van der Waals surface area (Å²) in [7, 11) is 2.99. The average molecular weight is 532 g/mol. The lowest BCUT2D eigenvalue weighted by Crippen LogP contribution is -2.30. The fourth-order valence-electron chi connectivity index (χ4n) is 4.69. The van der Waals surface area contributed by atoms with Crippen molar-refractivity contribution in [3.63, 3.8) is 0 Å². The lowest BCUT2D eigenvalue weighted by atomic mass is 10.0. The lowest BCUT2D eigenvalue weighted by Gasteiger charge is -2.29. The predicted octanol–water partition coefficient (Wildman–Crippen LogP) is 4.78. The first-order valence-electron chi connectivity index (χ1n) is 11.9. The molecule has 0 bridgehead atoms. The molecule has 2 N–H and O–H groups in total. The van der Waals surface area contributed by atoms with Gasteiger partial charge in [-0.05, 0) is 72.9 Å². The second kappa shape index (κ2) is 11.0. The summed E-state index contributed by atoms with van der Waals surface area (Å²) in [6.45, 7) is -0.0947. The van der Waals surface area contributed by atoms with Crippen molar-refractivity contribution in [2.24, 2.45) is 0 Å². The van der Waals surface area contributed by atoms with Gasteiger partial charge in [0, 0.05) is 36.6 Å². The zero-order chi connectivity index (χ0) is 26.6. The summed E-state index contributed by atoms with van der Waals surface area (Å²) in [5.74, 6) is -0.142. The molecule has 1 fully saturated rings. The van der Waals surface area contributed by atoms with Crippen LogP contribution in [-0.4, -0.2) is 41.4 Å². The zero-order valence-corrected chi connectivity index (χ0v) is 21.6. The van der Waals surface area contributed by atoms with Gasteiger partial charge in [-0.15, -0.1) is 0 Å². The number of halogens is 1. The number of nitrogens with zero attached hydrogens (tertiary/aromatic N) is 3. The van der Waals surface area contributed by atoms with Crippen LogP contribution in [-0.2, 0) is 9.53 Å². The van der Waals surface area contributed by atoms with Gasteiger partial charge in [0.2, 0.25) is 5.91 Å². The van der Waals surface area contributed by atoms with Gasteiger partial charge in [-0.1, -0.05) is 12.1 Å². The Balaban J connectivity index is 1.63. The van der Waals surface area contributed by atoms with Crippen molar-refractivity contribution < 1.29 is 18.7 Å².